The van der Waals surface area contributed by atoms with Crippen LogP contribution < -0.4 is 10.2 Å². The summed E-state index contributed by atoms with van der Waals surface area (Å²) in [5.41, 5.74) is 1.41. The van der Waals surface area contributed by atoms with Gasteiger partial charge in [0, 0.05) is 32.7 Å². The summed E-state index contributed by atoms with van der Waals surface area (Å²) < 4.78 is 0. The lowest BCUT2D eigenvalue weighted by atomic mass is 10.2. The summed E-state index contributed by atoms with van der Waals surface area (Å²) in [6.45, 7) is 7.72. The predicted molar refractivity (Wildman–Crippen MR) is 94.0 cm³/mol. The van der Waals surface area contributed by atoms with E-state index in [1.165, 1.54) is 0 Å². The van der Waals surface area contributed by atoms with Gasteiger partial charge in [0.2, 0.25) is 0 Å². The maximum Gasteiger partial charge on any atom is 0.271 e. The number of hydrogen-bond acceptors (Lipinski definition) is 5. The molecule has 2 aromatic rings. The number of likely N-dealkylation sites (N-methyl/N-ethyl adjacent to an activating group) is 1. The Morgan fingerprint density at radius 2 is 1.83 bits per heavy atom. The van der Waals surface area contributed by atoms with Crippen LogP contribution in [0, 0.1) is 0 Å². The number of nitrogens with one attached hydrogen (secondary N) is 1. The monoisotopic (exact) mass is 325 g/mol. The maximum atomic E-state index is 12.2. The van der Waals surface area contributed by atoms with Crippen LogP contribution in [-0.2, 0) is 6.54 Å². The van der Waals surface area contributed by atoms with Crippen molar-refractivity contribution in [1.82, 2.24) is 20.2 Å². The van der Waals surface area contributed by atoms with Crippen molar-refractivity contribution in [3.63, 3.8) is 0 Å². The smallest absolute Gasteiger partial charge is 0.271 e. The van der Waals surface area contributed by atoms with Gasteiger partial charge in [-0.05, 0) is 12.1 Å². The third kappa shape index (κ3) is 4.08. The third-order valence-corrected chi connectivity index (χ3v) is 4.31. The van der Waals surface area contributed by atoms with Crippen molar-refractivity contribution in [3.05, 3.63) is 54.0 Å². The van der Waals surface area contributed by atoms with Gasteiger partial charge in [-0.1, -0.05) is 37.3 Å². The number of carbonyl (C=O) groups is 1. The van der Waals surface area contributed by atoms with Crippen LogP contribution in [0.4, 0.5) is 5.82 Å². The van der Waals surface area contributed by atoms with Crippen LogP contribution in [-0.4, -0.2) is 53.5 Å². The molecule has 0 saturated carbocycles. The largest absolute Gasteiger partial charge is 0.353 e. The molecule has 1 N–H and O–H groups in total. The highest BCUT2D eigenvalue weighted by Gasteiger charge is 2.17. The Morgan fingerprint density at radius 1 is 1.08 bits per heavy atom. The average molecular weight is 325 g/mol. The molecule has 3 rings (SSSR count). The Bertz CT molecular complexity index is 651. The number of anilines is 1. The molecule has 6 nitrogen and oxygen atoms in total. The van der Waals surface area contributed by atoms with Gasteiger partial charge >= 0.3 is 0 Å². The molecular formula is C18H23N5O. The second-order valence-electron chi connectivity index (χ2n) is 5.85. The molecule has 1 aliphatic rings. The van der Waals surface area contributed by atoms with E-state index in [2.05, 4.69) is 32.0 Å². The lowest BCUT2D eigenvalue weighted by molar-refractivity contribution is 0.0945. The normalized spacial score (nSPS) is 15.3. The molecular weight excluding hydrogens is 302 g/mol. The first-order valence-electron chi connectivity index (χ1n) is 8.37. The van der Waals surface area contributed by atoms with Gasteiger partial charge in [-0.25, -0.2) is 9.97 Å². The van der Waals surface area contributed by atoms with Gasteiger partial charge in [-0.2, -0.15) is 0 Å². The van der Waals surface area contributed by atoms with E-state index in [0.717, 1.165) is 44.1 Å². The summed E-state index contributed by atoms with van der Waals surface area (Å²) in [5.74, 6) is 0.638. The van der Waals surface area contributed by atoms with Crippen molar-refractivity contribution in [2.75, 3.05) is 37.6 Å². The van der Waals surface area contributed by atoms with Gasteiger partial charge in [0.15, 0.2) is 0 Å². The SMILES string of the molecule is CCN1CCN(c2cnc(C(=O)NCc3ccccc3)cn2)CC1. The van der Waals surface area contributed by atoms with E-state index >= 15 is 0 Å². The first kappa shape index (κ1) is 16.4. The lowest BCUT2D eigenvalue weighted by Crippen LogP contribution is -2.46. The van der Waals surface area contributed by atoms with Crippen molar-refractivity contribution in [1.29, 1.82) is 0 Å². The summed E-state index contributed by atoms with van der Waals surface area (Å²) in [5, 5.41) is 2.87. The molecule has 2 heterocycles. The van der Waals surface area contributed by atoms with E-state index in [1.807, 2.05) is 30.3 Å². The van der Waals surface area contributed by atoms with Crippen LogP contribution in [0.5, 0.6) is 0 Å². The summed E-state index contributed by atoms with van der Waals surface area (Å²) in [6, 6.07) is 9.81. The minimum Gasteiger partial charge on any atom is -0.353 e. The van der Waals surface area contributed by atoms with Crippen molar-refractivity contribution < 1.29 is 4.79 Å². The van der Waals surface area contributed by atoms with Crippen LogP contribution in [0.15, 0.2) is 42.7 Å². The summed E-state index contributed by atoms with van der Waals surface area (Å²) in [4.78, 5) is 25.5. The van der Waals surface area contributed by atoms with Crippen molar-refractivity contribution >= 4 is 11.7 Å². The molecule has 0 bridgehead atoms. The zero-order chi connectivity index (χ0) is 16.8. The molecule has 1 aliphatic heterocycles. The zero-order valence-corrected chi connectivity index (χ0v) is 14.0. The number of aromatic nitrogens is 2. The fraction of sp³-hybridized carbons (Fsp3) is 0.389. The van der Waals surface area contributed by atoms with Crippen LogP contribution in [0.3, 0.4) is 0 Å². The number of amides is 1. The van der Waals surface area contributed by atoms with Crippen molar-refractivity contribution in [3.8, 4) is 0 Å². The molecule has 0 atom stereocenters. The Kier molecular flexibility index (Phi) is 5.38. The fourth-order valence-corrected chi connectivity index (χ4v) is 2.76. The van der Waals surface area contributed by atoms with Gasteiger partial charge in [0.25, 0.3) is 5.91 Å². The van der Waals surface area contributed by atoms with Crippen LogP contribution in [0.1, 0.15) is 23.0 Å². The van der Waals surface area contributed by atoms with E-state index in [4.69, 9.17) is 0 Å². The Labute approximate surface area is 142 Å². The standard InChI is InChI=1S/C18H23N5O/c1-2-22-8-10-23(11-9-22)17-14-19-16(13-20-17)18(24)21-12-15-6-4-3-5-7-15/h3-7,13-14H,2,8-12H2,1H3,(H,21,24). The van der Waals surface area contributed by atoms with E-state index < -0.39 is 0 Å². The highest BCUT2D eigenvalue weighted by molar-refractivity contribution is 5.91. The predicted octanol–water partition coefficient (Wildman–Crippen LogP) is 1.55. The van der Waals surface area contributed by atoms with Crippen LogP contribution in [0.25, 0.3) is 0 Å². The van der Waals surface area contributed by atoms with Crippen molar-refractivity contribution in [2.24, 2.45) is 0 Å². The van der Waals surface area contributed by atoms with Crippen molar-refractivity contribution in [2.45, 2.75) is 13.5 Å². The summed E-state index contributed by atoms with van der Waals surface area (Å²) in [7, 11) is 0. The minimum absolute atomic E-state index is 0.200. The fourth-order valence-electron chi connectivity index (χ4n) is 2.76. The molecule has 0 unspecified atom stereocenters. The summed E-state index contributed by atoms with van der Waals surface area (Å²) >= 11 is 0. The molecule has 0 aliphatic carbocycles. The van der Waals surface area contributed by atoms with Gasteiger partial charge in [0.1, 0.15) is 11.5 Å². The molecule has 1 amide bonds. The number of benzene rings is 1. The molecule has 24 heavy (non-hydrogen) atoms. The molecule has 6 heteroatoms. The van der Waals surface area contributed by atoms with E-state index in [9.17, 15) is 4.79 Å². The quantitative estimate of drug-likeness (QED) is 0.904. The molecule has 126 valence electrons. The molecule has 1 fully saturated rings. The topological polar surface area (TPSA) is 61.4 Å². The van der Waals surface area contributed by atoms with Crippen LogP contribution >= 0.6 is 0 Å². The Morgan fingerprint density at radius 3 is 2.46 bits per heavy atom. The van der Waals surface area contributed by atoms with E-state index in [0.29, 0.717) is 12.2 Å². The number of carbonyl (C=O) groups excluding carboxylic acids is 1. The molecule has 1 aromatic heterocycles. The highest BCUT2D eigenvalue weighted by Crippen LogP contribution is 2.12. The Balaban J connectivity index is 1.55. The minimum atomic E-state index is -0.200. The molecule has 0 radical (unpaired) electrons. The zero-order valence-electron chi connectivity index (χ0n) is 14.0. The van der Waals surface area contributed by atoms with Gasteiger partial charge in [0.05, 0.1) is 12.4 Å². The van der Waals surface area contributed by atoms with Gasteiger partial charge in [-0.3, -0.25) is 4.79 Å². The van der Waals surface area contributed by atoms with E-state index in [1.54, 1.807) is 12.4 Å². The second kappa shape index (κ2) is 7.88. The number of nitrogens with zero attached hydrogens (tertiary/aromatic N) is 4. The first-order valence-corrected chi connectivity index (χ1v) is 8.37. The van der Waals surface area contributed by atoms with E-state index in [-0.39, 0.29) is 5.91 Å². The first-order chi connectivity index (χ1) is 11.8. The number of piperazine rings is 1. The molecule has 1 aromatic carbocycles. The molecule has 1 saturated heterocycles. The maximum absolute atomic E-state index is 12.2. The van der Waals surface area contributed by atoms with Gasteiger partial charge < -0.3 is 15.1 Å². The van der Waals surface area contributed by atoms with Crippen LogP contribution in [0.2, 0.25) is 0 Å². The number of hydrogen-bond donors (Lipinski definition) is 1. The second-order valence-corrected chi connectivity index (χ2v) is 5.85. The average Bonchev–Trinajstić information content (AvgIpc) is 2.67. The highest BCUT2D eigenvalue weighted by atomic mass is 16.1. The number of rotatable bonds is 5. The summed E-state index contributed by atoms with van der Waals surface area (Å²) in [6.07, 6.45) is 3.25. The molecule has 0 spiro atoms. The van der Waals surface area contributed by atoms with Gasteiger partial charge in [-0.15, -0.1) is 0 Å². The lowest BCUT2D eigenvalue weighted by Gasteiger charge is -2.34. The Hall–Kier alpha value is -2.47. The third-order valence-electron chi connectivity index (χ3n) is 4.31.